The molecule has 0 spiro atoms. The molecule has 6 nitrogen and oxygen atoms in total. The van der Waals surface area contributed by atoms with Crippen LogP contribution in [0.25, 0.3) is 0 Å². The molecule has 1 N–H and O–H groups in total. The summed E-state index contributed by atoms with van der Waals surface area (Å²) in [5.74, 6) is 0.301. The van der Waals surface area contributed by atoms with Crippen LogP contribution in [0.15, 0.2) is 36.4 Å². The van der Waals surface area contributed by atoms with E-state index in [1.165, 1.54) is 6.07 Å². The minimum atomic E-state index is -0.608. The predicted molar refractivity (Wildman–Crippen MR) is 102 cm³/mol. The number of fused-ring (bicyclic) bond motifs is 1. The summed E-state index contributed by atoms with van der Waals surface area (Å²) in [6.45, 7) is 1.31. The number of rotatable bonds is 3. The SMILES string of the molecule is O=C(NC1CCN(c2cccc(Cl)c2)C1=O)c1cc(Cl)c2c(c1)OCCO2. The average molecular weight is 407 g/mol. The molecule has 1 unspecified atom stereocenters. The second-order valence-corrected chi connectivity index (χ2v) is 7.11. The van der Waals surface area contributed by atoms with Crippen LogP contribution in [0.4, 0.5) is 5.69 Å². The summed E-state index contributed by atoms with van der Waals surface area (Å²) in [7, 11) is 0. The van der Waals surface area contributed by atoms with Gasteiger partial charge in [-0.2, -0.15) is 0 Å². The molecule has 2 aliphatic rings. The van der Waals surface area contributed by atoms with Gasteiger partial charge in [-0.05, 0) is 36.8 Å². The maximum absolute atomic E-state index is 12.7. The van der Waals surface area contributed by atoms with Crippen molar-refractivity contribution in [2.24, 2.45) is 0 Å². The van der Waals surface area contributed by atoms with Gasteiger partial charge >= 0.3 is 0 Å². The number of nitrogens with zero attached hydrogens (tertiary/aromatic N) is 1. The molecule has 1 fully saturated rings. The molecule has 0 saturated carbocycles. The van der Waals surface area contributed by atoms with Gasteiger partial charge in [0.05, 0.1) is 5.02 Å². The van der Waals surface area contributed by atoms with Gasteiger partial charge in [-0.3, -0.25) is 9.59 Å². The third-order valence-electron chi connectivity index (χ3n) is 4.49. The van der Waals surface area contributed by atoms with Crippen molar-refractivity contribution in [2.75, 3.05) is 24.7 Å². The molecule has 0 bridgehead atoms. The number of amides is 2. The summed E-state index contributed by atoms with van der Waals surface area (Å²) in [4.78, 5) is 26.9. The Balaban J connectivity index is 1.49. The van der Waals surface area contributed by atoms with Gasteiger partial charge in [-0.1, -0.05) is 29.3 Å². The van der Waals surface area contributed by atoms with Crippen LogP contribution in [-0.2, 0) is 4.79 Å². The molecule has 0 aliphatic carbocycles. The number of hydrogen-bond donors (Lipinski definition) is 1. The Bertz CT molecular complexity index is 919. The first kappa shape index (κ1) is 17.9. The smallest absolute Gasteiger partial charge is 0.252 e. The highest BCUT2D eigenvalue weighted by Crippen LogP contribution is 2.38. The van der Waals surface area contributed by atoms with E-state index in [-0.39, 0.29) is 11.8 Å². The number of hydrogen-bond acceptors (Lipinski definition) is 4. The molecular formula is C19H16Cl2N2O4. The van der Waals surface area contributed by atoms with E-state index >= 15 is 0 Å². The van der Waals surface area contributed by atoms with Gasteiger partial charge < -0.3 is 19.7 Å². The van der Waals surface area contributed by atoms with Crippen LogP contribution in [0.5, 0.6) is 11.5 Å². The third-order valence-corrected chi connectivity index (χ3v) is 5.01. The second-order valence-electron chi connectivity index (χ2n) is 6.27. The summed E-state index contributed by atoms with van der Waals surface area (Å²) in [6, 6.07) is 9.55. The van der Waals surface area contributed by atoms with Crippen molar-refractivity contribution in [3.63, 3.8) is 0 Å². The Hall–Kier alpha value is -2.44. The van der Waals surface area contributed by atoms with Gasteiger partial charge in [0.1, 0.15) is 19.3 Å². The lowest BCUT2D eigenvalue weighted by atomic mass is 10.1. The number of benzene rings is 2. The lowest BCUT2D eigenvalue weighted by Gasteiger charge is -2.20. The highest BCUT2D eigenvalue weighted by Gasteiger charge is 2.34. The quantitative estimate of drug-likeness (QED) is 0.848. The first-order valence-electron chi connectivity index (χ1n) is 8.50. The van der Waals surface area contributed by atoms with E-state index in [1.807, 2.05) is 6.07 Å². The van der Waals surface area contributed by atoms with E-state index in [2.05, 4.69) is 5.32 Å². The van der Waals surface area contributed by atoms with Crippen LogP contribution in [0, 0.1) is 0 Å². The zero-order valence-corrected chi connectivity index (χ0v) is 15.7. The molecule has 8 heteroatoms. The van der Waals surface area contributed by atoms with E-state index in [9.17, 15) is 9.59 Å². The van der Waals surface area contributed by atoms with Gasteiger partial charge in [0, 0.05) is 22.8 Å². The molecule has 27 heavy (non-hydrogen) atoms. The summed E-state index contributed by atoms with van der Waals surface area (Å²) < 4.78 is 10.9. The van der Waals surface area contributed by atoms with Crippen molar-refractivity contribution in [1.29, 1.82) is 0 Å². The largest absolute Gasteiger partial charge is 0.486 e. The van der Waals surface area contributed by atoms with E-state index in [0.29, 0.717) is 59.0 Å². The van der Waals surface area contributed by atoms with Gasteiger partial charge in [0.15, 0.2) is 11.5 Å². The summed E-state index contributed by atoms with van der Waals surface area (Å²) in [5.41, 5.74) is 1.03. The van der Waals surface area contributed by atoms with Crippen LogP contribution >= 0.6 is 23.2 Å². The first-order chi connectivity index (χ1) is 13.0. The topological polar surface area (TPSA) is 67.9 Å². The molecule has 0 aromatic heterocycles. The first-order valence-corrected chi connectivity index (χ1v) is 9.25. The Kier molecular flexibility index (Phi) is 4.85. The summed E-state index contributed by atoms with van der Waals surface area (Å²) in [6.07, 6.45) is 0.509. The Morgan fingerprint density at radius 3 is 2.78 bits per heavy atom. The van der Waals surface area contributed by atoms with Crippen molar-refractivity contribution >= 4 is 40.7 Å². The molecule has 2 aliphatic heterocycles. The van der Waals surface area contributed by atoms with E-state index < -0.39 is 6.04 Å². The molecule has 2 heterocycles. The number of carbonyl (C=O) groups is 2. The number of anilines is 1. The zero-order valence-electron chi connectivity index (χ0n) is 14.2. The Morgan fingerprint density at radius 2 is 1.96 bits per heavy atom. The lowest BCUT2D eigenvalue weighted by Crippen LogP contribution is -2.41. The normalized spacial score (nSPS) is 18.5. The molecule has 2 amide bonds. The van der Waals surface area contributed by atoms with Gasteiger partial charge in [-0.25, -0.2) is 0 Å². The van der Waals surface area contributed by atoms with E-state index in [0.717, 1.165) is 0 Å². The van der Waals surface area contributed by atoms with Crippen LogP contribution < -0.4 is 19.7 Å². The van der Waals surface area contributed by atoms with Crippen LogP contribution in [0.1, 0.15) is 16.8 Å². The third kappa shape index (κ3) is 3.55. The maximum Gasteiger partial charge on any atom is 0.252 e. The highest BCUT2D eigenvalue weighted by molar-refractivity contribution is 6.32. The molecule has 2 aromatic carbocycles. The highest BCUT2D eigenvalue weighted by atomic mass is 35.5. The summed E-state index contributed by atoms with van der Waals surface area (Å²) >= 11 is 12.2. The van der Waals surface area contributed by atoms with Crippen LogP contribution in [0.3, 0.4) is 0 Å². The molecule has 4 rings (SSSR count). The molecular weight excluding hydrogens is 391 g/mol. The fourth-order valence-electron chi connectivity index (χ4n) is 3.20. The average Bonchev–Trinajstić information content (AvgIpc) is 3.02. The lowest BCUT2D eigenvalue weighted by molar-refractivity contribution is -0.118. The fraction of sp³-hybridized carbons (Fsp3) is 0.263. The number of halogens is 2. The summed E-state index contributed by atoms with van der Waals surface area (Å²) in [5, 5.41) is 3.63. The zero-order chi connectivity index (χ0) is 19.0. The van der Waals surface area contributed by atoms with Crippen molar-refractivity contribution < 1.29 is 19.1 Å². The molecule has 0 radical (unpaired) electrons. The van der Waals surface area contributed by atoms with Gasteiger partial charge in [0.25, 0.3) is 5.91 Å². The number of ether oxygens (including phenoxy) is 2. The Morgan fingerprint density at radius 1 is 1.15 bits per heavy atom. The minimum Gasteiger partial charge on any atom is -0.486 e. The van der Waals surface area contributed by atoms with Crippen molar-refractivity contribution in [2.45, 2.75) is 12.5 Å². The Labute approximate surface area is 165 Å². The van der Waals surface area contributed by atoms with Crippen molar-refractivity contribution in [1.82, 2.24) is 5.32 Å². The van der Waals surface area contributed by atoms with Crippen molar-refractivity contribution in [3.8, 4) is 11.5 Å². The monoisotopic (exact) mass is 406 g/mol. The number of carbonyl (C=O) groups excluding carboxylic acids is 2. The maximum atomic E-state index is 12.7. The van der Waals surface area contributed by atoms with E-state index in [4.69, 9.17) is 32.7 Å². The molecule has 2 aromatic rings. The number of nitrogens with one attached hydrogen (secondary N) is 1. The van der Waals surface area contributed by atoms with Gasteiger partial charge in [-0.15, -0.1) is 0 Å². The van der Waals surface area contributed by atoms with Crippen LogP contribution in [0.2, 0.25) is 10.0 Å². The second kappa shape index (κ2) is 7.29. The van der Waals surface area contributed by atoms with Gasteiger partial charge in [0.2, 0.25) is 5.91 Å². The molecule has 140 valence electrons. The van der Waals surface area contributed by atoms with E-state index in [1.54, 1.807) is 29.2 Å². The fourth-order valence-corrected chi connectivity index (χ4v) is 3.65. The standard InChI is InChI=1S/C19H16Cl2N2O4/c20-12-2-1-3-13(10-12)23-5-4-15(19(23)25)22-18(24)11-8-14(21)17-16(9-11)26-6-7-27-17/h1-3,8-10,15H,4-7H2,(H,22,24). The molecule has 1 saturated heterocycles. The minimum absolute atomic E-state index is 0.172. The van der Waals surface area contributed by atoms with Crippen molar-refractivity contribution in [3.05, 3.63) is 52.0 Å². The predicted octanol–water partition coefficient (Wildman–Crippen LogP) is 3.30. The van der Waals surface area contributed by atoms with Crippen LogP contribution in [-0.4, -0.2) is 37.6 Å². The molecule has 1 atom stereocenters.